The minimum absolute atomic E-state index is 0.124. The van der Waals surface area contributed by atoms with Crippen molar-refractivity contribution in [3.05, 3.63) is 17.6 Å². The maximum absolute atomic E-state index is 13.9. The molecule has 9 heteroatoms. The maximum atomic E-state index is 13.9. The van der Waals surface area contributed by atoms with Gasteiger partial charge in [-0.2, -0.15) is 0 Å². The zero-order chi connectivity index (χ0) is 25.3. The number of methoxy groups -OCH3 is 1. The molecule has 1 saturated heterocycles. The highest BCUT2D eigenvalue weighted by Crippen LogP contribution is 2.25. The number of nitrogens with one attached hydrogen (secondary N) is 2. The predicted octanol–water partition coefficient (Wildman–Crippen LogP) is 2.86. The Hall–Kier alpha value is -2.26. The van der Waals surface area contributed by atoms with Crippen LogP contribution in [-0.2, 0) is 19.7 Å². The first-order chi connectivity index (χ1) is 16.1. The van der Waals surface area contributed by atoms with Crippen LogP contribution >= 0.6 is 0 Å². The fourth-order valence-electron chi connectivity index (χ4n) is 4.01. The molecule has 1 aromatic heterocycles. The summed E-state index contributed by atoms with van der Waals surface area (Å²) >= 11 is 0. The Bertz CT molecular complexity index is 809. The Morgan fingerprint density at radius 3 is 2.65 bits per heavy atom. The first kappa shape index (κ1) is 28.0. The summed E-state index contributed by atoms with van der Waals surface area (Å²) in [5.74, 6) is 0.837. The van der Waals surface area contributed by atoms with Gasteiger partial charge < -0.3 is 25.0 Å². The van der Waals surface area contributed by atoms with Gasteiger partial charge in [0.05, 0.1) is 13.0 Å². The van der Waals surface area contributed by atoms with E-state index in [9.17, 15) is 9.59 Å². The zero-order valence-electron chi connectivity index (χ0n) is 21.9. The summed E-state index contributed by atoms with van der Waals surface area (Å²) in [6, 6.07) is -0.124. The van der Waals surface area contributed by atoms with Crippen molar-refractivity contribution in [3.63, 3.8) is 0 Å². The lowest BCUT2D eigenvalue weighted by Crippen LogP contribution is -2.53. The van der Waals surface area contributed by atoms with Gasteiger partial charge in [-0.25, -0.2) is 9.97 Å². The first-order valence-corrected chi connectivity index (χ1v) is 12.4. The minimum Gasteiger partial charge on any atom is -0.469 e. The van der Waals surface area contributed by atoms with E-state index >= 15 is 0 Å². The molecule has 2 heterocycles. The summed E-state index contributed by atoms with van der Waals surface area (Å²) < 4.78 is 10.4. The Labute approximate surface area is 204 Å². The molecule has 192 valence electrons. The second-order valence-corrected chi connectivity index (χ2v) is 10.3. The molecule has 0 unspecified atom stereocenters. The van der Waals surface area contributed by atoms with Crippen molar-refractivity contribution < 1.29 is 19.1 Å². The van der Waals surface area contributed by atoms with Gasteiger partial charge in [-0.3, -0.25) is 9.59 Å². The molecular formula is C25H43N5O4. The van der Waals surface area contributed by atoms with Gasteiger partial charge in [0, 0.05) is 57.0 Å². The molecule has 0 saturated carbocycles. The zero-order valence-corrected chi connectivity index (χ0v) is 21.9. The van der Waals surface area contributed by atoms with E-state index in [-0.39, 0.29) is 35.2 Å². The molecule has 1 aromatic rings. The molecule has 1 aliphatic heterocycles. The number of anilines is 1. The number of esters is 1. The standard InChI is InChI=1S/C25H43N5O4/c1-8-34-11-9-10-27-21-20(15-28-24(29-21)25(4,5)6)22(31)30(16-17(2)3)19-12-18(13-26-14-19)23(32)33-7/h15,17-19,26H,8-14,16H2,1-7H3,(H,27,28,29)/t18-,19+/m1/s1. The van der Waals surface area contributed by atoms with E-state index in [1.54, 1.807) is 6.20 Å². The number of carbonyl (C=O) groups is 2. The van der Waals surface area contributed by atoms with Crippen LogP contribution < -0.4 is 10.6 Å². The van der Waals surface area contributed by atoms with Crippen LogP contribution in [0.15, 0.2) is 6.20 Å². The number of amides is 1. The van der Waals surface area contributed by atoms with Crippen LogP contribution in [0.2, 0.25) is 0 Å². The molecular weight excluding hydrogens is 434 g/mol. The lowest BCUT2D eigenvalue weighted by atomic mass is 9.93. The van der Waals surface area contributed by atoms with Crippen LogP contribution in [0.5, 0.6) is 0 Å². The summed E-state index contributed by atoms with van der Waals surface area (Å²) in [5.41, 5.74) is 0.201. The van der Waals surface area contributed by atoms with Crippen LogP contribution in [0.3, 0.4) is 0 Å². The van der Waals surface area contributed by atoms with Crippen LogP contribution in [0.4, 0.5) is 5.82 Å². The highest BCUT2D eigenvalue weighted by atomic mass is 16.5. The SMILES string of the molecule is CCOCCCNc1nc(C(C)(C)C)ncc1C(=O)N(CC(C)C)[C@@H]1CNC[C@H](C(=O)OC)C1. The van der Waals surface area contributed by atoms with Crippen molar-refractivity contribution in [1.82, 2.24) is 20.2 Å². The number of rotatable bonds is 11. The topological polar surface area (TPSA) is 106 Å². The average molecular weight is 478 g/mol. The van der Waals surface area contributed by atoms with Crippen molar-refractivity contribution in [1.29, 1.82) is 0 Å². The van der Waals surface area contributed by atoms with Crippen LogP contribution in [-0.4, -0.2) is 79.3 Å². The van der Waals surface area contributed by atoms with Crippen LogP contribution in [0.25, 0.3) is 0 Å². The molecule has 0 aromatic carbocycles. The van der Waals surface area contributed by atoms with E-state index in [1.165, 1.54) is 7.11 Å². The molecule has 0 bridgehead atoms. The molecule has 2 atom stereocenters. The van der Waals surface area contributed by atoms with Crippen molar-refractivity contribution >= 4 is 17.7 Å². The Morgan fingerprint density at radius 1 is 1.29 bits per heavy atom. The molecule has 1 amide bonds. The third-order valence-electron chi connectivity index (χ3n) is 5.78. The highest BCUT2D eigenvalue weighted by molar-refractivity contribution is 5.98. The number of piperidine rings is 1. The largest absolute Gasteiger partial charge is 0.469 e. The van der Waals surface area contributed by atoms with E-state index in [0.717, 1.165) is 6.42 Å². The smallest absolute Gasteiger partial charge is 0.310 e. The van der Waals surface area contributed by atoms with E-state index < -0.39 is 0 Å². The molecule has 1 aliphatic rings. The molecule has 9 nitrogen and oxygen atoms in total. The first-order valence-electron chi connectivity index (χ1n) is 12.4. The number of hydrogen-bond donors (Lipinski definition) is 2. The van der Waals surface area contributed by atoms with E-state index in [0.29, 0.717) is 63.0 Å². The number of aromatic nitrogens is 2. The molecule has 1 fully saturated rings. The van der Waals surface area contributed by atoms with Crippen molar-refractivity contribution in [2.24, 2.45) is 11.8 Å². The van der Waals surface area contributed by atoms with Gasteiger partial charge in [0.1, 0.15) is 17.2 Å². The fourth-order valence-corrected chi connectivity index (χ4v) is 4.01. The quantitative estimate of drug-likeness (QED) is 0.370. The summed E-state index contributed by atoms with van der Waals surface area (Å²) in [4.78, 5) is 37.2. The van der Waals surface area contributed by atoms with E-state index in [2.05, 4.69) is 50.2 Å². The van der Waals surface area contributed by atoms with E-state index in [1.807, 2.05) is 11.8 Å². The summed E-state index contributed by atoms with van der Waals surface area (Å²) in [6.07, 6.45) is 3.01. The van der Waals surface area contributed by atoms with Gasteiger partial charge in [-0.1, -0.05) is 34.6 Å². The van der Waals surface area contributed by atoms with Gasteiger partial charge in [0.2, 0.25) is 0 Å². The van der Waals surface area contributed by atoms with Crippen molar-refractivity contribution in [3.8, 4) is 0 Å². The Morgan fingerprint density at radius 2 is 2.03 bits per heavy atom. The Balaban J connectivity index is 2.33. The summed E-state index contributed by atoms with van der Waals surface area (Å²) in [5, 5.41) is 6.65. The monoisotopic (exact) mass is 477 g/mol. The van der Waals surface area contributed by atoms with Gasteiger partial charge in [0.25, 0.3) is 5.91 Å². The lowest BCUT2D eigenvalue weighted by molar-refractivity contribution is -0.146. The van der Waals surface area contributed by atoms with Crippen molar-refractivity contribution in [2.45, 2.75) is 65.8 Å². The van der Waals surface area contributed by atoms with Gasteiger partial charge in [-0.15, -0.1) is 0 Å². The molecule has 0 radical (unpaired) electrons. The minimum atomic E-state index is -0.276. The van der Waals surface area contributed by atoms with E-state index in [4.69, 9.17) is 14.5 Å². The van der Waals surface area contributed by atoms with Gasteiger partial charge in [-0.05, 0) is 25.7 Å². The summed E-state index contributed by atoms with van der Waals surface area (Å²) in [6.45, 7) is 16.0. The highest BCUT2D eigenvalue weighted by Gasteiger charge is 2.35. The fraction of sp³-hybridized carbons (Fsp3) is 0.760. The number of hydrogen-bond acceptors (Lipinski definition) is 8. The number of ether oxygens (including phenoxy) is 2. The second-order valence-electron chi connectivity index (χ2n) is 10.3. The van der Waals surface area contributed by atoms with Gasteiger partial charge in [0.15, 0.2) is 0 Å². The lowest BCUT2D eigenvalue weighted by Gasteiger charge is -2.38. The third-order valence-corrected chi connectivity index (χ3v) is 5.78. The van der Waals surface area contributed by atoms with Gasteiger partial charge >= 0.3 is 5.97 Å². The predicted molar refractivity (Wildman–Crippen MR) is 133 cm³/mol. The average Bonchev–Trinajstić information content (AvgIpc) is 2.80. The second kappa shape index (κ2) is 13.0. The molecule has 34 heavy (non-hydrogen) atoms. The molecule has 2 N–H and O–H groups in total. The Kier molecular flexibility index (Phi) is 10.7. The number of nitrogens with zero attached hydrogens (tertiary/aromatic N) is 3. The summed E-state index contributed by atoms with van der Waals surface area (Å²) in [7, 11) is 1.40. The normalized spacial score (nSPS) is 18.6. The molecule has 0 spiro atoms. The number of carbonyl (C=O) groups excluding carboxylic acids is 2. The van der Waals surface area contributed by atoms with Crippen LogP contribution in [0.1, 0.15) is 70.6 Å². The van der Waals surface area contributed by atoms with Crippen LogP contribution in [0, 0.1) is 11.8 Å². The maximum Gasteiger partial charge on any atom is 0.310 e. The molecule has 2 rings (SSSR count). The van der Waals surface area contributed by atoms with Crippen molar-refractivity contribution in [2.75, 3.05) is 51.8 Å². The third kappa shape index (κ3) is 7.91. The molecule has 0 aliphatic carbocycles.